The van der Waals surface area contributed by atoms with E-state index in [4.69, 9.17) is 28.9 Å². The molecule has 0 radical (unpaired) electrons. The Kier molecular flexibility index (Phi) is 6.80. The van der Waals surface area contributed by atoms with Crippen molar-refractivity contribution in [1.82, 2.24) is 13.9 Å². The first kappa shape index (κ1) is 28.2. The third-order valence-electron chi connectivity index (χ3n) is 6.75. The number of amides is 2. The molecule has 0 saturated carbocycles. The van der Waals surface area contributed by atoms with Crippen LogP contribution in [-0.2, 0) is 31.6 Å². The first-order chi connectivity index (χ1) is 18.6. The first-order valence-corrected chi connectivity index (χ1v) is 13.9. The number of nitrogens with zero attached hydrogens (tertiary/aromatic N) is 4. The summed E-state index contributed by atoms with van der Waals surface area (Å²) in [5.74, 6) is -1.93. The number of primary amides is 1. The van der Waals surface area contributed by atoms with Gasteiger partial charge in [-0.25, -0.2) is 18.3 Å². The Labute approximate surface area is 236 Å². The van der Waals surface area contributed by atoms with Gasteiger partial charge in [-0.3, -0.25) is 14.2 Å². The van der Waals surface area contributed by atoms with Crippen molar-refractivity contribution in [3.8, 4) is 5.75 Å². The van der Waals surface area contributed by atoms with Crippen LogP contribution in [0, 0.1) is 0 Å². The molecule has 3 aromatic rings. The summed E-state index contributed by atoms with van der Waals surface area (Å²) in [4.78, 5) is 31.3. The Morgan fingerprint density at radius 1 is 1.18 bits per heavy atom. The average molecular weight is 618 g/mol. The molecule has 5 rings (SSSR count). The molecule has 2 amide bonds. The number of imidazole rings is 1. The molecular weight excluding hydrogens is 598 g/mol. The smallest absolute Gasteiger partial charge is 0.406 e. The molecule has 0 spiro atoms. The summed E-state index contributed by atoms with van der Waals surface area (Å²) in [6.45, 7) is 1.52. The van der Waals surface area contributed by atoms with Crippen molar-refractivity contribution in [3.05, 3.63) is 64.3 Å². The summed E-state index contributed by atoms with van der Waals surface area (Å²) in [5, 5.41) is 0.0527. The highest BCUT2D eigenvalue weighted by Gasteiger charge is 2.53. The molecule has 2 atom stereocenters. The van der Waals surface area contributed by atoms with Crippen LogP contribution >= 0.6 is 23.2 Å². The highest BCUT2D eigenvalue weighted by Crippen LogP contribution is 2.45. The summed E-state index contributed by atoms with van der Waals surface area (Å²) in [5.41, 5.74) is 4.35. The Hall–Kier alpha value is -3.33. The monoisotopic (exact) mass is 617 g/mol. The van der Waals surface area contributed by atoms with E-state index < -0.39 is 45.5 Å². The van der Waals surface area contributed by atoms with Crippen molar-refractivity contribution in [2.45, 2.75) is 42.7 Å². The minimum absolute atomic E-state index is 0.0371. The third-order valence-corrected chi connectivity index (χ3v) is 9.06. The normalized spacial score (nSPS) is 21.3. The maximum atomic E-state index is 14.1. The largest absolute Gasteiger partial charge is 0.573 e. The number of rotatable bonds is 7. The molecular formula is C24H20Cl2F3N5O5S. The van der Waals surface area contributed by atoms with E-state index >= 15 is 0 Å². The van der Waals surface area contributed by atoms with Crippen molar-refractivity contribution >= 4 is 56.7 Å². The van der Waals surface area contributed by atoms with Crippen molar-refractivity contribution in [2.24, 2.45) is 5.73 Å². The molecule has 16 heteroatoms. The van der Waals surface area contributed by atoms with Crippen LogP contribution in [0.25, 0.3) is 0 Å². The second-order valence-electron chi connectivity index (χ2n) is 9.47. The zero-order valence-electron chi connectivity index (χ0n) is 20.5. The molecule has 2 aliphatic rings. The lowest BCUT2D eigenvalue weighted by Crippen LogP contribution is -2.57. The number of aromatic nitrogens is 2. The van der Waals surface area contributed by atoms with E-state index in [1.807, 2.05) is 0 Å². The number of alkyl halides is 3. The van der Waals surface area contributed by atoms with Crippen LogP contribution in [0.1, 0.15) is 18.9 Å². The Morgan fingerprint density at radius 3 is 2.33 bits per heavy atom. The second kappa shape index (κ2) is 9.65. The lowest BCUT2D eigenvalue weighted by molar-refractivity contribution is -0.274. The predicted octanol–water partition coefficient (Wildman–Crippen LogP) is 3.97. The number of sulfonamides is 1. The molecule has 0 aliphatic carbocycles. The third kappa shape index (κ3) is 4.78. The SMILES string of the molecule is CC1(Cc2ccc(OC(F)(F)F)cc2)C(=O)N(c2cc(Cl)cc(Cl)c2)c2ncc(S(=O)(=O)N3CCC3C(N)=O)n21. The fourth-order valence-electron chi connectivity index (χ4n) is 4.88. The fourth-order valence-corrected chi connectivity index (χ4v) is 7.22. The number of hydrogen-bond donors (Lipinski definition) is 1. The van der Waals surface area contributed by atoms with E-state index in [1.54, 1.807) is 0 Å². The molecule has 2 aromatic carbocycles. The van der Waals surface area contributed by atoms with Gasteiger partial charge in [0.2, 0.25) is 11.9 Å². The molecule has 2 unspecified atom stereocenters. The lowest BCUT2D eigenvalue weighted by atomic mass is 9.92. The van der Waals surface area contributed by atoms with Gasteiger partial charge in [-0.2, -0.15) is 4.31 Å². The zero-order valence-corrected chi connectivity index (χ0v) is 22.9. The van der Waals surface area contributed by atoms with E-state index in [2.05, 4.69) is 9.72 Å². The van der Waals surface area contributed by atoms with Gasteiger partial charge in [0, 0.05) is 23.0 Å². The molecule has 10 nitrogen and oxygen atoms in total. The maximum absolute atomic E-state index is 14.1. The number of carbonyl (C=O) groups is 2. The first-order valence-electron chi connectivity index (χ1n) is 11.7. The summed E-state index contributed by atoms with van der Waals surface area (Å²) in [7, 11) is -4.36. The minimum Gasteiger partial charge on any atom is -0.406 e. The van der Waals surface area contributed by atoms with Gasteiger partial charge in [0.15, 0.2) is 5.03 Å². The summed E-state index contributed by atoms with van der Waals surface area (Å²) < 4.78 is 71.3. The number of nitrogens with two attached hydrogens (primary N) is 1. The van der Waals surface area contributed by atoms with Crippen LogP contribution < -0.4 is 15.4 Å². The molecule has 0 bridgehead atoms. The number of benzene rings is 2. The average Bonchev–Trinajstić information content (AvgIpc) is 3.31. The van der Waals surface area contributed by atoms with Gasteiger partial charge in [-0.1, -0.05) is 35.3 Å². The zero-order chi connectivity index (χ0) is 29.2. The minimum atomic E-state index is -4.89. The molecule has 2 N–H and O–H groups in total. The van der Waals surface area contributed by atoms with Crippen LogP contribution in [0.5, 0.6) is 5.75 Å². The highest BCUT2D eigenvalue weighted by molar-refractivity contribution is 7.89. The van der Waals surface area contributed by atoms with Gasteiger partial charge in [-0.15, -0.1) is 13.2 Å². The standard InChI is InChI=1S/C24H20Cl2F3N5O5S/c1-23(11-13-2-4-17(5-3-13)39-24(27,28)29)21(36)33(16-9-14(25)8-15(26)10-16)22-31-12-19(34(22)23)40(37,38)32-7-6-18(32)20(30)35/h2-5,8-10,12,18H,6-7,11H2,1H3,(H2,30,35). The lowest BCUT2D eigenvalue weighted by Gasteiger charge is -2.37. The number of ether oxygens (including phenoxy) is 1. The van der Waals surface area contributed by atoms with Crippen molar-refractivity contribution in [2.75, 3.05) is 11.4 Å². The number of carbonyl (C=O) groups excluding carboxylic acids is 2. The fraction of sp³-hybridized carbons (Fsp3) is 0.292. The highest BCUT2D eigenvalue weighted by atomic mass is 35.5. The van der Waals surface area contributed by atoms with Crippen molar-refractivity contribution in [1.29, 1.82) is 0 Å². The number of anilines is 2. The van der Waals surface area contributed by atoms with Crippen LogP contribution in [0.2, 0.25) is 10.0 Å². The van der Waals surface area contributed by atoms with E-state index in [1.165, 1.54) is 46.7 Å². The molecule has 1 aromatic heterocycles. The number of fused-ring (bicyclic) bond motifs is 1. The quantitative estimate of drug-likeness (QED) is 0.427. The Morgan fingerprint density at radius 2 is 1.80 bits per heavy atom. The van der Waals surface area contributed by atoms with E-state index in [0.29, 0.717) is 5.56 Å². The maximum Gasteiger partial charge on any atom is 0.573 e. The Balaban J connectivity index is 1.62. The summed E-state index contributed by atoms with van der Waals surface area (Å²) in [6, 6.07) is 8.15. The molecule has 40 heavy (non-hydrogen) atoms. The van der Waals surface area contributed by atoms with Gasteiger partial charge >= 0.3 is 6.36 Å². The van der Waals surface area contributed by atoms with Gasteiger partial charge in [-0.05, 0) is 49.2 Å². The molecule has 1 fully saturated rings. The van der Waals surface area contributed by atoms with Gasteiger partial charge in [0.25, 0.3) is 15.9 Å². The second-order valence-corrected chi connectivity index (χ2v) is 12.2. The number of hydrogen-bond acceptors (Lipinski definition) is 6. The van der Waals surface area contributed by atoms with Crippen LogP contribution in [0.4, 0.5) is 24.8 Å². The number of halogens is 5. The van der Waals surface area contributed by atoms with E-state index in [9.17, 15) is 31.2 Å². The predicted molar refractivity (Wildman–Crippen MR) is 138 cm³/mol. The van der Waals surface area contributed by atoms with Crippen LogP contribution in [0.3, 0.4) is 0 Å². The Bertz CT molecular complexity index is 1610. The van der Waals surface area contributed by atoms with E-state index in [0.717, 1.165) is 22.6 Å². The van der Waals surface area contributed by atoms with Crippen molar-refractivity contribution < 1.29 is 35.9 Å². The molecule has 3 heterocycles. The molecule has 2 aliphatic heterocycles. The van der Waals surface area contributed by atoms with Crippen LogP contribution in [-0.4, -0.2) is 53.0 Å². The van der Waals surface area contributed by atoms with Gasteiger partial charge < -0.3 is 10.5 Å². The van der Waals surface area contributed by atoms with Gasteiger partial charge in [0.1, 0.15) is 17.3 Å². The summed E-state index contributed by atoms with van der Waals surface area (Å²) >= 11 is 12.3. The summed E-state index contributed by atoms with van der Waals surface area (Å²) in [6.07, 6.45) is -3.72. The van der Waals surface area contributed by atoms with E-state index in [-0.39, 0.29) is 46.1 Å². The molecule has 1 saturated heterocycles. The van der Waals surface area contributed by atoms with Gasteiger partial charge in [0.05, 0.1) is 11.9 Å². The van der Waals surface area contributed by atoms with Crippen LogP contribution in [0.15, 0.2) is 53.7 Å². The topological polar surface area (TPSA) is 128 Å². The van der Waals surface area contributed by atoms with Crippen molar-refractivity contribution in [3.63, 3.8) is 0 Å². The molecule has 212 valence electrons.